The molecular weight excluding hydrogens is 410 g/mol. The Morgan fingerprint density at radius 3 is 2.24 bits per heavy atom. The summed E-state index contributed by atoms with van der Waals surface area (Å²) in [6, 6.07) is 0.734. The third-order valence-corrected chi connectivity index (χ3v) is 4.88. The number of amides is 1. The maximum Gasteiger partial charge on any atom is 0.416 e. The molecule has 0 aromatic heterocycles. The summed E-state index contributed by atoms with van der Waals surface area (Å²) in [4.78, 5) is 12.2. The predicted octanol–water partition coefficient (Wildman–Crippen LogP) is 0.818. The van der Waals surface area contributed by atoms with E-state index < -0.39 is 67.4 Å². The van der Waals surface area contributed by atoms with Crippen LogP contribution in [0.3, 0.4) is 0 Å². The number of alkyl halides is 6. The van der Waals surface area contributed by atoms with Crippen molar-refractivity contribution < 1.29 is 41.4 Å². The Bertz CT molecular complexity index is 742. The molecule has 29 heavy (non-hydrogen) atoms. The van der Waals surface area contributed by atoms with Crippen LogP contribution in [0.25, 0.3) is 0 Å². The van der Waals surface area contributed by atoms with E-state index in [4.69, 9.17) is 0 Å². The summed E-state index contributed by atoms with van der Waals surface area (Å²) >= 11 is 0. The minimum absolute atomic E-state index is 0.0811. The van der Waals surface area contributed by atoms with Gasteiger partial charge in [0.1, 0.15) is 0 Å². The van der Waals surface area contributed by atoms with Crippen LogP contribution in [0.5, 0.6) is 0 Å². The van der Waals surface area contributed by atoms with Crippen molar-refractivity contribution in [3.05, 3.63) is 35.4 Å². The Kier molecular flexibility index (Phi) is 5.80. The van der Waals surface area contributed by atoms with Crippen LogP contribution in [-0.4, -0.2) is 52.5 Å². The van der Waals surface area contributed by atoms with Crippen LogP contribution in [0.4, 0.5) is 26.3 Å². The monoisotopic (exact) mass is 428 g/mol. The van der Waals surface area contributed by atoms with Crippen LogP contribution in [0.2, 0.25) is 0 Å². The van der Waals surface area contributed by atoms with E-state index >= 15 is 0 Å². The minimum atomic E-state index is -4.68. The summed E-state index contributed by atoms with van der Waals surface area (Å²) in [5.41, 5.74) is 1.53. The lowest BCUT2D eigenvalue weighted by Crippen LogP contribution is -2.64. The molecule has 13 heteroatoms. The number of nitrogens with one attached hydrogen (secondary N) is 3. The zero-order valence-electron chi connectivity index (χ0n) is 14.6. The quantitative estimate of drug-likeness (QED) is 0.456. The largest absolute Gasteiger partial charge is 0.416 e. The van der Waals surface area contributed by atoms with E-state index in [9.17, 15) is 41.4 Å². The van der Waals surface area contributed by atoms with E-state index in [1.54, 1.807) is 0 Å². The topological polar surface area (TPSA) is 96.9 Å². The van der Waals surface area contributed by atoms with Crippen molar-refractivity contribution in [3.8, 4) is 0 Å². The third kappa shape index (κ3) is 4.64. The van der Waals surface area contributed by atoms with Gasteiger partial charge in [0.15, 0.2) is 6.35 Å². The zero-order valence-corrected chi connectivity index (χ0v) is 14.6. The zero-order chi connectivity index (χ0) is 21.6. The Balaban J connectivity index is 1.97. The lowest BCUT2D eigenvalue weighted by Gasteiger charge is -2.38. The Labute approximate surface area is 160 Å². The molecule has 5 N–H and O–H groups in total. The first-order valence-electron chi connectivity index (χ1n) is 8.54. The maximum atomic E-state index is 13.2. The lowest BCUT2D eigenvalue weighted by molar-refractivity contribution is -0.156. The molecule has 2 saturated heterocycles. The predicted molar refractivity (Wildman–Crippen MR) is 85.3 cm³/mol. The molecular formula is C16H18F6N4O3. The number of halogens is 6. The molecule has 0 spiro atoms. The van der Waals surface area contributed by atoms with E-state index in [0.29, 0.717) is 12.1 Å². The average Bonchev–Trinajstić information content (AvgIpc) is 2.97. The second kappa shape index (κ2) is 7.72. The first kappa shape index (κ1) is 21.8. The number of nitrogens with zero attached hydrogens (tertiary/aromatic N) is 1. The molecule has 1 amide bonds. The van der Waals surface area contributed by atoms with Crippen molar-refractivity contribution in [3.63, 3.8) is 0 Å². The SMILES string of the molecule is O=C1NC(O)NC2C1C(CO)NN2[C@@H](CC(F)(F)F)c1ccc(C(F)(F)F)cc1. The van der Waals surface area contributed by atoms with Crippen LogP contribution >= 0.6 is 0 Å². The second-order valence-corrected chi connectivity index (χ2v) is 6.83. The fourth-order valence-corrected chi connectivity index (χ4v) is 3.62. The van der Waals surface area contributed by atoms with E-state index in [1.807, 2.05) is 0 Å². The number of carbonyl (C=O) groups is 1. The first-order valence-corrected chi connectivity index (χ1v) is 8.54. The van der Waals surface area contributed by atoms with Gasteiger partial charge in [0.2, 0.25) is 5.91 Å². The molecule has 3 rings (SSSR count). The van der Waals surface area contributed by atoms with Gasteiger partial charge in [-0.1, -0.05) is 12.1 Å². The summed E-state index contributed by atoms with van der Waals surface area (Å²) in [6.07, 6.45) is -13.4. The smallest absolute Gasteiger partial charge is 0.395 e. The number of benzene rings is 1. The number of hydrogen-bond donors (Lipinski definition) is 5. The first-order chi connectivity index (χ1) is 13.4. The average molecular weight is 428 g/mol. The molecule has 0 aliphatic carbocycles. The summed E-state index contributed by atoms with van der Waals surface area (Å²) in [5.74, 6) is -1.72. The van der Waals surface area contributed by atoms with E-state index in [0.717, 1.165) is 17.1 Å². The van der Waals surface area contributed by atoms with Crippen LogP contribution in [0.15, 0.2) is 24.3 Å². The summed E-state index contributed by atoms with van der Waals surface area (Å²) < 4.78 is 78.1. The molecule has 7 nitrogen and oxygen atoms in total. The van der Waals surface area contributed by atoms with E-state index in [-0.39, 0.29) is 5.56 Å². The maximum absolute atomic E-state index is 13.2. The van der Waals surface area contributed by atoms with Gasteiger partial charge < -0.3 is 15.5 Å². The molecule has 1 aromatic carbocycles. The molecule has 1 aromatic rings. The fraction of sp³-hybridized carbons (Fsp3) is 0.562. The van der Waals surface area contributed by atoms with Gasteiger partial charge in [0, 0.05) is 0 Å². The molecule has 2 aliphatic heterocycles. The summed E-state index contributed by atoms with van der Waals surface area (Å²) in [7, 11) is 0. The van der Waals surface area contributed by atoms with Crippen molar-refractivity contribution in [1.29, 1.82) is 0 Å². The number of hydrogen-bond acceptors (Lipinski definition) is 6. The van der Waals surface area contributed by atoms with Crippen molar-refractivity contribution in [1.82, 2.24) is 21.1 Å². The number of hydrazine groups is 1. The van der Waals surface area contributed by atoms with Crippen molar-refractivity contribution in [2.75, 3.05) is 6.61 Å². The van der Waals surface area contributed by atoms with Gasteiger partial charge in [-0.2, -0.15) is 26.3 Å². The number of aliphatic hydroxyl groups excluding tert-OH is 2. The van der Waals surface area contributed by atoms with Gasteiger partial charge in [-0.05, 0) is 17.7 Å². The highest BCUT2D eigenvalue weighted by molar-refractivity contribution is 5.81. The standard InChI is InChI=1S/C16H18F6N4O3/c17-15(18,19)5-10(7-1-3-8(4-2-7)16(20,21)22)26-12-11(9(6-27)25-26)13(28)24-14(29)23-12/h1-4,9-12,14,23,25,27,29H,5-6H2,(H,24,28)/t9?,10-,11?,12?,14?/m0/s1. The summed E-state index contributed by atoms with van der Waals surface area (Å²) in [5, 5.41) is 24.9. The highest BCUT2D eigenvalue weighted by atomic mass is 19.4. The van der Waals surface area contributed by atoms with Gasteiger partial charge in [0.05, 0.1) is 42.8 Å². The number of aliphatic hydroxyl groups is 2. The van der Waals surface area contributed by atoms with Gasteiger partial charge in [-0.15, -0.1) is 0 Å². The molecule has 5 atom stereocenters. The Morgan fingerprint density at radius 2 is 1.72 bits per heavy atom. The lowest BCUT2D eigenvalue weighted by atomic mass is 9.95. The van der Waals surface area contributed by atoms with Crippen LogP contribution in [-0.2, 0) is 11.0 Å². The third-order valence-electron chi connectivity index (χ3n) is 4.88. The fourth-order valence-electron chi connectivity index (χ4n) is 3.62. The van der Waals surface area contributed by atoms with Gasteiger partial charge in [0.25, 0.3) is 0 Å². The summed E-state index contributed by atoms with van der Waals surface area (Å²) in [6.45, 7) is -0.589. The molecule has 4 unspecified atom stereocenters. The molecule has 0 bridgehead atoms. The Hall–Kier alpha value is -1.93. The van der Waals surface area contributed by atoms with Crippen molar-refractivity contribution in [2.24, 2.45) is 5.92 Å². The van der Waals surface area contributed by atoms with Gasteiger partial charge in [-0.25, -0.2) is 10.4 Å². The normalized spacial score (nSPS) is 29.4. The second-order valence-electron chi connectivity index (χ2n) is 6.83. The van der Waals surface area contributed by atoms with E-state index in [2.05, 4.69) is 16.1 Å². The van der Waals surface area contributed by atoms with Crippen molar-refractivity contribution in [2.45, 2.75) is 43.4 Å². The highest BCUT2D eigenvalue weighted by Gasteiger charge is 2.52. The minimum Gasteiger partial charge on any atom is -0.395 e. The van der Waals surface area contributed by atoms with Crippen LogP contribution in [0, 0.1) is 5.92 Å². The van der Waals surface area contributed by atoms with Gasteiger partial charge >= 0.3 is 12.4 Å². The van der Waals surface area contributed by atoms with Crippen LogP contribution in [0.1, 0.15) is 23.6 Å². The molecule has 2 fully saturated rings. The van der Waals surface area contributed by atoms with E-state index in [1.165, 1.54) is 0 Å². The molecule has 2 heterocycles. The Morgan fingerprint density at radius 1 is 1.10 bits per heavy atom. The highest BCUT2D eigenvalue weighted by Crippen LogP contribution is 2.39. The number of rotatable bonds is 4. The molecule has 162 valence electrons. The molecule has 0 radical (unpaired) electrons. The van der Waals surface area contributed by atoms with Crippen molar-refractivity contribution >= 4 is 5.91 Å². The van der Waals surface area contributed by atoms with Crippen LogP contribution < -0.4 is 16.1 Å². The number of carbonyl (C=O) groups excluding carboxylic acids is 1. The molecule has 2 aliphatic rings. The molecule has 0 saturated carbocycles. The van der Waals surface area contributed by atoms with Gasteiger partial charge in [-0.3, -0.25) is 10.1 Å². The number of fused-ring (bicyclic) bond motifs is 1.